The van der Waals surface area contributed by atoms with Crippen LogP contribution in [0.4, 0.5) is 5.69 Å². The van der Waals surface area contributed by atoms with Gasteiger partial charge in [0.25, 0.3) is 0 Å². The number of thioether (sulfide) groups is 1. The number of rotatable bonds is 8. The molecule has 8 heteroatoms. The Hall–Kier alpha value is -3.00. The average Bonchev–Trinajstić information content (AvgIpc) is 2.80. The smallest absolute Gasteiger partial charge is 0.226 e. The molecule has 3 rings (SSSR count). The van der Waals surface area contributed by atoms with E-state index in [2.05, 4.69) is 20.8 Å². The van der Waals surface area contributed by atoms with Crippen molar-refractivity contribution in [1.29, 1.82) is 0 Å². The topological polar surface area (TPSA) is 84.3 Å². The highest BCUT2D eigenvalue weighted by Crippen LogP contribution is 2.27. The van der Waals surface area contributed by atoms with E-state index in [-0.39, 0.29) is 11.8 Å². The van der Waals surface area contributed by atoms with Crippen LogP contribution in [-0.2, 0) is 11.2 Å². The number of anilines is 1. The first-order valence-electron chi connectivity index (χ1n) is 10.1. The molecule has 0 bridgehead atoms. The van der Waals surface area contributed by atoms with E-state index >= 15 is 0 Å². The molecule has 2 aromatic rings. The Morgan fingerprint density at radius 3 is 2.52 bits per heavy atom. The molecular weight excluding hydrogens is 412 g/mol. The van der Waals surface area contributed by atoms with Crippen LogP contribution in [0.5, 0.6) is 11.5 Å². The average molecular weight is 441 g/mol. The minimum atomic E-state index is -0.0487. The number of amidine groups is 1. The summed E-state index contributed by atoms with van der Waals surface area (Å²) in [6, 6.07) is 13.6. The number of hydrogen-bond acceptors (Lipinski definition) is 6. The minimum absolute atomic E-state index is 0.00826. The van der Waals surface area contributed by atoms with Crippen molar-refractivity contribution in [2.24, 2.45) is 16.0 Å². The summed E-state index contributed by atoms with van der Waals surface area (Å²) in [6.45, 7) is 4.40. The zero-order valence-corrected chi connectivity index (χ0v) is 19.1. The van der Waals surface area contributed by atoms with Gasteiger partial charge >= 0.3 is 0 Å². The van der Waals surface area contributed by atoms with Crippen molar-refractivity contribution in [3.63, 3.8) is 0 Å². The Bertz CT molecular complexity index is 971. The summed E-state index contributed by atoms with van der Waals surface area (Å²) in [4.78, 5) is 16.4. The van der Waals surface area contributed by atoms with Crippen LogP contribution in [0.25, 0.3) is 0 Å². The van der Waals surface area contributed by atoms with Crippen LogP contribution in [0.15, 0.2) is 52.6 Å². The molecule has 1 aliphatic rings. The molecule has 0 saturated heterocycles. The summed E-state index contributed by atoms with van der Waals surface area (Å²) in [5, 5.41) is 8.17. The third-order valence-corrected chi connectivity index (χ3v) is 5.66. The maximum Gasteiger partial charge on any atom is 0.226 e. The number of methoxy groups -OCH3 is 2. The number of carbonyl (C=O) groups excluding carboxylic acids is 1. The van der Waals surface area contributed by atoms with E-state index in [0.29, 0.717) is 6.54 Å². The number of carbonyl (C=O) groups is 1. The molecule has 1 amide bonds. The fourth-order valence-corrected chi connectivity index (χ4v) is 3.70. The van der Waals surface area contributed by atoms with Crippen molar-refractivity contribution < 1.29 is 14.3 Å². The van der Waals surface area contributed by atoms with Gasteiger partial charge in [0.1, 0.15) is 0 Å². The molecule has 7 nitrogen and oxygen atoms in total. The van der Waals surface area contributed by atoms with Crippen LogP contribution >= 0.6 is 11.8 Å². The Morgan fingerprint density at radius 2 is 1.90 bits per heavy atom. The quantitative estimate of drug-likeness (QED) is 0.650. The van der Waals surface area contributed by atoms with Gasteiger partial charge in [-0.25, -0.2) is 0 Å². The van der Waals surface area contributed by atoms with Crippen LogP contribution in [0, 0.1) is 5.92 Å². The van der Waals surface area contributed by atoms with Crippen LogP contribution in [0.2, 0.25) is 0 Å². The molecule has 0 spiro atoms. The normalized spacial score (nSPS) is 14.7. The molecule has 0 unspecified atom stereocenters. The zero-order valence-electron chi connectivity index (χ0n) is 18.3. The number of ether oxygens (including phenoxy) is 2. The van der Waals surface area contributed by atoms with E-state index in [1.807, 2.05) is 56.3 Å². The molecule has 0 aromatic heterocycles. The van der Waals surface area contributed by atoms with Gasteiger partial charge < -0.3 is 14.8 Å². The van der Waals surface area contributed by atoms with Crippen LogP contribution in [0.1, 0.15) is 25.0 Å². The van der Waals surface area contributed by atoms with Gasteiger partial charge in [-0.15, -0.1) is 0 Å². The van der Waals surface area contributed by atoms with Gasteiger partial charge in [0.05, 0.1) is 19.9 Å². The van der Waals surface area contributed by atoms with E-state index in [0.717, 1.165) is 51.4 Å². The summed E-state index contributed by atoms with van der Waals surface area (Å²) >= 11 is 1.63. The third kappa shape index (κ3) is 6.24. The Balaban J connectivity index is 1.54. The highest BCUT2D eigenvalue weighted by Gasteiger charge is 2.14. The van der Waals surface area contributed by atoms with E-state index in [1.54, 1.807) is 26.0 Å². The Labute approximate surface area is 187 Å². The van der Waals surface area contributed by atoms with Crippen molar-refractivity contribution in [2.45, 2.75) is 20.3 Å². The maximum absolute atomic E-state index is 11.8. The van der Waals surface area contributed by atoms with Crippen molar-refractivity contribution in [3.05, 3.63) is 53.6 Å². The van der Waals surface area contributed by atoms with Gasteiger partial charge in [-0.05, 0) is 41.8 Å². The zero-order chi connectivity index (χ0) is 22.2. The second-order valence-electron chi connectivity index (χ2n) is 7.31. The van der Waals surface area contributed by atoms with Crippen molar-refractivity contribution in [1.82, 2.24) is 5.43 Å². The van der Waals surface area contributed by atoms with E-state index in [1.165, 1.54) is 0 Å². The van der Waals surface area contributed by atoms with Gasteiger partial charge in [-0.3, -0.25) is 15.2 Å². The summed E-state index contributed by atoms with van der Waals surface area (Å²) < 4.78 is 10.6. The van der Waals surface area contributed by atoms with Gasteiger partial charge in [-0.1, -0.05) is 43.8 Å². The maximum atomic E-state index is 11.8. The monoisotopic (exact) mass is 440 g/mol. The molecule has 0 fully saturated rings. The molecule has 2 aromatic carbocycles. The van der Waals surface area contributed by atoms with Gasteiger partial charge in [-0.2, -0.15) is 5.10 Å². The summed E-state index contributed by atoms with van der Waals surface area (Å²) in [5.74, 6) is 2.14. The van der Waals surface area contributed by atoms with Crippen LogP contribution < -0.4 is 20.2 Å². The summed E-state index contributed by atoms with van der Waals surface area (Å²) in [7, 11) is 3.26. The lowest BCUT2D eigenvalue weighted by atomic mass is 10.1. The molecule has 2 N–H and O–H groups in total. The molecule has 0 radical (unpaired) electrons. The first-order chi connectivity index (χ1) is 15.0. The molecule has 0 aliphatic carbocycles. The highest BCUT2D eigenvalue weighted by atomic mass is 32.2. The third-order valence-electron chi connectivity index (χ3n) is 4.75. The van der Waals surface area contributed by atoms with Gasteiger partial charge in [0.15, 0.2) is 16.7 Å². The number of amides is 1. The number of nitrogens with zero attached hydrogens (tertiary/aromatic N) is 2. The molecular formula is C23H28N4O3S. The molecule has 1 aliphatic heterocycles. The van der Waals surface area contributed by atoms with Crippen LogP contribution in [-0.4, -0.2) is 43.3 Å². The summed E-state index contributed by atoms with van der Waals surface area (Å²) in [5.41, 5.74) is 6.94. The van der Waals surface area contributed by atoms with Gasteiger partial charge in [0, 0.05) is 23.9 Å². The standard InChI is InChI=1S/C23H28N4O3S/c1-15(2)22(28)25-18-8-6-17(7-9-18)19-14-31-23(27-26-19)24-12-11-16-5-10-20(29-3)21(13-16)30-4/h5-10,13,15H,11-12,14H2,1-4H3,(H,24,27)(H,25,28). The number of nitrogens with one attached hydrogen (secondary N) is 2. The molecule has 1 heterocycles. The van der Waals surface area contributed by atoms with Crippen molar-refractivity contribution in [3.8, 4) is 11.5 Å². The number of aliphatic imine (C=N–C) groups is 1. The fraction of sp³-hybridized carbons (Fsp3) is 0.348. The number of hydrazone groups is 1. The Morgan fingerprint density at radius 1 is 1.16 bits per heavy atom. The second kappa shape index (κ2) is 10.9. The first-order valence-corrected chi connectivity index (χ1v) is 11.1. The molecule has 31 heavy (non-hydrogen) atoms. The first kappa shape index (κ1) is 22.7. The Kier molecular flexibility index (Phi) is 7.94. The molecule has 0 saturated carbocycles. The van der Waals surface area contributed by atoms with Crippen LogP contribution in [0.3, 0.4) is 0 Å². The lowest BCUT2D eigenvalue weighted by Crippen LogP contribution is -2.25. The SMILES string of the molecule is COc1ccc(CCN=C2NN=C(c3ccc(NC(=O)C(C)C)cc3)CS2)cc1OC. The van der Waals surface area contributed by atoms with E-state index < -0.39 is 0 Å². The highest BCUT2D eigenvalue weighted by molar-refractivity contribution is 8.14. The molecule has 0 atom stereocenters. The van der Waals surface area contributed by atoms with E-state index in [9.17, 15) is 4.79 Å². The van der Waals surface area contributed by atoms with Crippen molar-refractivity contribution in [2.75, 3.05) is 31.8 Å². The lowest BCUT2D eigenvalue weighted by molar-refractivity contribution is -0.118. The lowest BCUT2D eigenvalue weighted by Gasteiger charge is -2.15. The molecule has 164 valence electrons. The number of benzene rings is 2. The number of hydrogen-bond donors (Lipinski definition) is 2. The predicted molar refractivity (Wildman–Crippen MR) is 128 cm³/mol. The second-order valence-corrected chi connectivity index (χ2v) is 8.27. The fourth-order valence-electron chi connectivity index (χ4n) is 2.90. The van der Waals surface area contributed by atoms with Gasteiger partial charge in [0.2, 0.25) is 5.91 Å². The van der Waals surface area contributed by atoms with E-state index in [4.69, 9.17) is 9.47 Å². The predicted octanol–water partition coefficient (Wildman–Crippen LogP) is 3.94. The minimum Gasteiger partial charge on any atom is -0.493 e. The summed E-state index contributed by atoms with van der Waals surface area (Å²) in [6.07, 6.45) is 0.798. The largest absolute Gasteiger partial charge is 0.493 e. The van der Waals surface area contributed by atoms with Crippen molar-refractivity contribution >= 4 is 34.2 Å².